The normalized spacial score (nSPS) is 10.3. The van der Waals surface area contributed by atoms with Crippen LogP contribution in [0.3, 0.4) is 0 Å². The van der Waals surface area contributed by atoms with Crippen LogP contribution in [0.2, 0.25) is 5.02 Å². The zero-order chi connectivity index (χ0) is 14.8. The van der Waals surface area contributed by atoms with E-state index < -0.39 is 0 Å². The van der Waals surface area contributed by atoms with Crippen molar-refractivity contribution in [2.75, 3.05) is 5.73 Å². The number of nitriles is 1. The Hall–Kier alpha value is -2.84. The lowest BCUT2D eigenvalue weighted by atomic mass is 10.1. The molecule has 1 aromatic heterocycles. The van der Waals surface area contributed by atoms with Crippen LogP contribution in [0.1, 0.15) is 5.56 Å². The highest BCUT2D eigenvalue weighted by Gasteiger charge is 2.13. The number of nitrogens with two attached hydrogens (primary N) is 1. The van der Waals surface area contributed by atoms with Gasteiger partial charge < -0.3 is 5.73 Å². The van der Waals surface area contributed by atoms with Gasteiger partial charge in [0.15, 0.2) is 5.82 Å². The Kier molecular flexibility index (Phi) is 3.30. The maximum Gasteiger partial charge on any atom is 0.155 e. The van der Waals surface area contributed by atoms with Gasteiger partial charge in [0.2, 0.25) is 0 Å². The fourth-order valence-corrected chi connectivity index (χ4v) is 2.13. The minimum Gasteiger partial charge on any atom is -0.382 e. The van der Waals surface area contributed by atoms with Gasteiger partial charge in [-0.1, -0.05) is 35.0 Å². The fourth-order valence-electron chi connectivity index (χ4n) is 2.00. The van der Waals surface area contributed by atoms with Crippen molar-refractivity contribution in [3.05, 3.63) is 59.1 Å². The standard InChI is InChI=1S/C15H10ClN5/c16-12-6-4-11(5-7-12)14-15(18)21(20-19-14)13-3-1-2-10(8-13)9-17/h1-8H,18H2. The van der Waals surface area contributed by atoms with Crippen LogP contribution in [0, 0.1) is 11.3 Å². The molecule has 5 nitrogen and oxygen atoms in total. The Morgan fingerprint density at radius 3 is 2.62 bits per heavy atom. The summed E-state index contributed by atoms with van der Waals surface area (Å²) in [6.07, 6.45) is 0. The molecule has 1 heterocycles. The van der Waals surface area contributed by atoms with Gasteiger partial charge in [-0.3, -0.25) is 0 Å². The Balaban J connectivity index is 2.07. The highest BCUT2D eigenvalue weighted by molar-refractivity contribution is 6.30. The number of hydrogen-bond acceptors (Lipinski definition) is 4. The first-order chi connectivity index (χ1) is 10.2. The zero-order valence-corrected chi connectivity index (χ0v) is 11.6. The van der Waals surface area contributed by atoms with Crippen molar-refractivity contribution >= 4 is 17.4 Å². The van der Waals surface area contributed by atoms with Gasteiger partial charge >= 0.3 is 0 Å². The van der Waals surface area contributed by atoms with Crippen molar-refractivity contribution in [1.29, 1.82) is 5.26 Å². The van der Waals surface area contributed by atoms with Crippen molar-refractivity contribution in [3.8, 4) is 23.0 Å². The molecule has 2 N–H and O–H groups in total. The van der Waals surface area contributed by atoms with E-state index in [1.165, 1.54) is 4.68 Å². The molecule has 6 heteroatoms. The average Bonchev–Trinajstić information content (AvgIpc) is 2.90. The molecule has 0 aliphatic heterocycles. The highest BCUT2D eigenvalue weighted by Crippen LogP contribution is 2.26. The predicted octanol–water partition coefficient (Wildman–Crippen LogP) is 3.04. The number of aromatic nitrogens is 3. The van der Waals surface area contributed by atoms with Crippen LogP contribution >= 0.6 is 11.6 Å². The van der Waals surface area contributed by atoms with Gasteiger partial charge in [-0.05, 0) is 30.3 Å². The summed E-state index contributed by atoms with van der Waals surface area (Å²) in [7, 11) is 0. The number of nitrogen functional groups attached to an aromatic ring is 1. The Bertz CT molecular complexity index is 830. The first kappa shape index (κ1) is 13.2. The molecule has 21 heavy (non-hydrogen) atoms. The van der Waals surface area contributed by atoms with Crippen molar-refractivity contribution < 1.29 is 0 Å². The SMILES string of the molecule is N#Cc1cccc(-n2nnc(-c3ccc(Cl)cc3)c2N)c1. The minimum absolute atomic E-state index is 0.410. The third kappa shape index (κ3) is 2.45. The molecule has 0 atom stereocenters. The quantitative estimate of drug-likeness (QED) is 0.788. The van der Waals surface area contributed by atoms with Crippen molar-refractivity contribution in [1.82, 2.24) is 15.0 Å². The summed E-state index contributed by atoms with van der Waals surface area (Å²) in [6.45, 7) is 0. The van der Waals surface area contributed by atoms with E-state index in [2.05, 4.69) is 16.4 Å². The van der Waals surface area contributed by atoms with Gasteiger partial charge in [0.25, 0.3) is 0 Å². The topological polar surface area (TPSA) is 80.5 Å². The van der Waals surface area contributed by atoms with E-state index in [0.717, 1.165) is 5.56 Å². The molecule has 0 saturated carbocycles. The van der Waals surface area contributed by atoms with Crippen LogP contribution < -0.4 is 5.73 Å². The number of benzene rings is 2. The molecule has 102 valence electrons. The number of halogens is 1. The molecule has 0 spiro atoms. The molecule has 0 amide bonds. The van der Waals surface area contributed by atoms with Gasteiger partial charge in [-0.15, -0.1) is 5.10 Å². The van der Waals surface area contributed by atoms with Crippen LogP contribution in [-0.2, 0) is 0 Å². The van der Waals surface area contributed by atoms with Gasteiger partial charge in [-0.2, -0.15) is 9.94 Å². The predicted molar refractivity (Wildman–Crippen MR) is 80.9 cm³/mol. The van der Waals surface area contributed by atoms with E-state index >= 15 is 0 Å². The summed E-state index contributed by atoms with van der Waals surface area (Å²) in [6, 6.07) is 16.3. The lowest BCUT2D eigenvalue weighted by molar-refractivity contribution is 0.810. The molecule has 0 fully saturated rings. The summed E-state index contributed by atoms with van der Waals surface area (Å²) in [4.78, 5) is 0. The fraction of sp³-hybridized carbons (Fsp3) is 0. The van der Waals surface area contributed by atoms with E-state index in [9.17, 15) is 0 Å². The molecule has 0 aliphatic carbocycles. The number of nitrogens with zero attached hydrogens (tertiary/aromatic N) is 4. The van der Waals surface area contributed by atoms with Gasteiger partial charge in [-0.25, -0.2) is 0 Å². The highest BCUT2D eigenvalue weighted by atomic mass is 35.5. The second-order valence-corrected chi connectivity index (χ2v) is 4.84. The molecule has 3 aromatic rings. The van der Waals surface area contributed by atoms with Crippen LogP contribution in [0.5, 0.6) is 0 Å². The molecule has 0 bridgehead atoms. The third-order valence-electron chi connectivity index (χ3n) is 3.04. The Morgan fingerprint density at radius 1 is 1.14 bits per heavy atom. The monoisotopic (exact) mass is 295 g/mol. The van der Waals surface area contributed by atoms with E-state index in [-0.39, 0.29) is 0 Å². The first-order valence-corrected chi connectivity index (χ1v) is 6.54. The lowest BCUT2D eigenvalue weighted by Crippen LogP contribution is -2.02. The van der Waals surface area contributed by atoms with Gasteiger partial charge in [0, 0.05) is 10.6 Å². The minimum atomic E-state index is 0.410. The maximum absolute atomic E-state index is 8.95. The van der Waals surface area contributed by atoms with Crippen molar-refractivity contribution in [2.24, 2.45) is 0 Å². The molecule has 0 saturated heterocycles. The molecule has 0 radical (unpaired) electrons. The number of hydrogen-bond donors (Lipinski definition) is 1. The van der Waals surface area contributed by atoms with Crippen molar-refractivity contribution in [3.63, 3.8) is 0 Å². The average molecular weight is 296 g/mol. The number of rotatable bonds is 2. The molecule has 2 aromatic carbocycles. The molecule has 3 rings (SSSR count). The van der Waals surface area contributed by atoms with E-state index in [4.69, 9.17) is 22.6 Å². The van der Waals surface area contributed by atoms with E-state index in [0.29, 0.717) is 27.8 Å². The van der Waals surface area contributed by atoms with E-state index in [1.54, 1.807) is 30.3 Å². The van der Waals surface area contributed by atoms with Crippen LogP contribution in [-0.4, -0.2) is 15.0 Å². The molecular weight excluding hydrogens is 286 g/mol. The second-order valence-electron chi connectivity index (χ2n) is 4.40. The molecule has 0 aliphatic rings. The number of anilines is 1. The summed E-state index contributed by atoms with van der Waals surface area (Å²) in [5, 5.41) is 17.8. The lowest BCUT2D eigenvalue weighted by Gasteiger charge is -2.04. The van der Waals surface area contributed by atoms with Crippen molar-refractivity contribution in [2.45, 2.75) is 0 Å². The second kappa shape index (κ2) is 5.27. The largest absolute Gasteiger partial charge is 0.382 e. The summed E-state index contributed by atoms with van der Waals surface area (Å²) < 4.78 is 1.50. The van der Waals surface area contributed by atoms with Crippen LogP contribution in [0.15, 0.2) is 48.5 Å². The third-order valence-corrected chi connectivity index (χ3v) is 3.29. The molecule has 0 unspecified atom stereocenters. The van der Waals surface area contributed by atoms with E-state index in [1.807, 2.05) is 18.2 Å². The molecular formula is C15H10ClN5. The maximum atomic E-state index is 8.95. The van der Waals surface area contributed by atoms with Gasteiger partial charge in [0.05, 0.1) is 17.3 Å². The van der Waals surface area contributed by atoms with Gasteiger partial charge in [0.1, 0.15) is 5.69 Å². The Morgan fingerprint density at radius 2 is 1.90 bits per heavy atom. The zero-order valence-electron chi connectivity index (χ0n) is 10.9. The smallest absolute Gasteiger partial charge is 0.155 e. The Labute approximate surface area is 126 Å². The van der Waals surface area contributed by atoms with Crippen LogP contribution in [0.25, 0.3) is 16.9 Å². The summed E-state index contributed by atoms with van der Waals surface area (Å²) in [5.41, 5.74) is 8.76. The first-order valence-electron chi connectivity index (χ1n) is 6.16. The van der Waals surface area contributed by atoms with Crippen LogP contribution in [0.4, 0.5) is 5.82 Å². The summed E-state index contributed by atoms with van der Waals surface area (Å²) >= 11 is 5.87. The summed E-state index contributed by atoms with van der Waals surface area (Å²) in [5.74, 6) is 0.410.